The van der Waals surface area contributed by atoms with Crippen molar-refractivity contribution in [1.82, 2.24) is 9.88 Å². The van der Waals surface area contributed by atoms with Gasteiger partial charge in [-0.05, 0) is 43.5 Å². The zero-order valence-electron chi connectivity index (χ0n) is 14.9. The lowest BCUT2D eigenvalue weighted by atomic mass is 10.2. The third-order valence-electron chi connectivity index (χ3n) is 4.35. The number of anilines is 1. The molecule has 136 valence electrons. The number of para-hydroxylation sites is 2. The van der Waals surface area contributed by atoms with E-state index in [2.05, 4.69) is 10.3 Å². The molecule has 1 aromatic carbocycles. The molecule has 0 spiro atoms. The van der Waals surface area contributed by atoms with Crippen LogP contribution in [0.2, 0.25) is 0 Å². The van der Waals surface area contributed by atoms with Gasteiger partial charge in [0.25, 0.3) is 0 Å². The van der Waals surface area contributed by atoms with E-state index in [0.717, 1.165) is 12.8 Å². The average Bonchev–Trinajstić information content (AvgIpc) is 3.14. The number of hydrogen-bond acceptors (Lipinski definition) is 4. The molecule has 2 aromatic rings. The zero-order chi connectivity index (χ0) is 18.4. The molecule has 0 unspecified atom stereocenters. The van der Waals surface area contributed by atoms with Crippen molar-refractivity contribution in [3.05, 3.63) is 48.8 Å². The van der Waals surface area contributed by atoms with Crippen molar-refractivity contribution in [2.24, 2.45) is 0 Å². The number of benzene rings is 1. The molecule has 26 heavy (non-hydrogen) atoms. The molecule has 1 aliphatic rings. The minimum Gasteiger partial charge on any atom is -0.454 e. The largest absolute Gasteiger partial charge is 0.454 e. The van der Waals surface area contributed by atoms with Crippen LogP contribution in [0.5, 0.6) is 11.5 Å². The highest BCUT2D eigenvalue weighted by atomic mass is 16.5. The molecular weight excluding hydrogens is 330 g/mol. The van der Waals surface area contributed by atoms with Gasteiger partial charge in [-0.15, -0.1) is 0 Å². The van der Waals surface area contributed by atoms with E-state index < -0.39 is 6.04 Å². The molecule has 0 radical (unpaired) electrons. The number of likely N-dealkylation sites (tertiary alicyclic amines) is 1. The van der Waals surface area contributed by atoms with Crippen molar-refractivity contribution in [2.75, 3.05) is 11.9 Å². The van der Waals surface area contributed by atoms with Gasteiger partial charge in [-0.1, -0.05) is 19.1 Å². The minimum atomic E-state index is -0.416. The number of nitrogens with zero attached hydrogens (tertiary/aromatic N) is 2. The fourth-order valence-electron chi connectivity index (χ4n) is 3.10. The van der Waals surface area contributed by atoms with Gasteiger partial charge in [-0.25, -0.2) is 0 Å². The van der Waals surface area contributed by atoms with Crippen LogP contribution in [0.1, 0.15) is 32.6 Å². The molecule has 2 amide bonds. The fourth-order valence-corrected chi connectivity index (χ4v) is 3.10. The van der Waals surface area contributed by atoms with E-state index in [4.69, 9.17) is 4.74 Å². The van der Waals surface area contributed by atoms with Crippen molar-refractivity contribution >= 4 is 17.5 Å². The first kappa shape index (κ1) is 17.9. The molecule has 6 nitrogen and oxygen atoms in total. The second kappa shape index (κ2) is 8.47. The summed E-state index contributed by atoms with van der Waals surface area (Å²) in [4.78, 5) is 30.7. The van der Waals surface area contributed by atoms with Gasteiger partial charge in [0.2, 0.25) is 11.8 Å². The highest BCUT2D eigenvalue weighted by Crippen LogP contribution is 2.30. The summed E-state index contributed by atoms with van der Waals surface area (Å²) >= 11 is 0. The van der Waals surface area contributed by atoms with Gasteiger partial charge in [0.15, 0.2) is 5.75 Å². The SMILES string of the molecule is CCCC(=O)N1CCC[C@@H]1C(=O)Nc1ccccc1Oc1cccnc1. The quantitative estimate of drug-likeness (QED) is 0.861. The van der Waals surface area contributed by atoms with Gasteiger partial charge in [-0.3, -0.25) is 14.6 Å². The van der Waals surface area contributed by atoms with Crippen molar-refractivity contribution in [2.45, 2.75) is 38.6 Å². The molecule has 3 rings (SSSR count). The Morgan fingerprint density at radius 1 is 1.27 bits per heavy atom. The zero-order valence-corrected chi connectivity index (χ0v) is 14.9. The average molecular weight is 353 g/mol. The number of aromatic nitrogens is 1. The van der Waals surface area contributed by atoms with Crippen molar-refractivity contribution in [1.29, 1.82) is 0 Å². The van der Waals surface area contributed by atoms with Crippen LogP contribution < -0.4 is 10.1 Å². The van der Waals surface area contributed by atoms with E-state index in [1.165, 1.54) is 0 Å². The minimum absolute atomic E-state index is 0.0463. The van der Waals surface area contributed by atoms with Gasteiger partial charge in [-0.2, -0.15) is 0 Å². The Hall–Kier alpha value is -2.89. The summed E-state index contributed by atoms with van der Waals surface area (Å²) in [6.07, 6.45) is 6.08. The number of hydrogen-bond donors (Lipinski definition) is 1. The number of nitrogens with one attached hydrogen (secondary N) is 1. The number of carbonyl (C=O) groups is 2. The van der Waals surface area contributed by atoms with E-state index in [-0.39, 0.29) is 11.8 Å². The van der Waals surface area contributed by atoms with E-state index in [0.29, 0.717) is 36.6 Å². The maximum Gasteiger partial charge on any atom is 0.247 e. The lowest BCUT2D eigenvalue weighted by Crippen LogP contribution is -2.43. The predicted molar refractivity (Wildman–Crippen MR) is 99.0 cm³/mol. The second-order valence-corrected chi connectivity index (χ2v) is 6.27. The number of ether oxygens (including phenoxy) is 1. The summed E-state index contributed by atoms with van der Waals surface area (Å²) in [5.41, 5.74) is 0.580. The van der Waals surface area contributed by atoms with Crippen LogP contribution in [0.4, 0.5) is 5.69 Å². The van der Waals surface area contributed by atoms with Crippen LogP contribution in [0.3, 0.4) is 0 Å². The maximum atomic E-state index is 12.8. The number of rotatable bonds is 6. The third-order valence-corrected chi connectivity index (χ3v) is 4.35. The molecule has 2 heterocycles. The smallest absolute Gasteiger partial charge is 0.247 e. The summed E-state index contributed by atoms with van der Waals surface area (Å²) in [5, 5.41) is 2.92. The standard InChI is InChI=1S/C20H23N3O3/c1-2-7-19(24)23-13-6-10-17(23)20(25)22-16-9-3-4-11-18(16)26-15-8-5-12-21-14-15/h3-5,8-9,11-12,14,17H,2,6-7,10,13H2,1H3,(H,22,25)/t17-/m1/s1. The molecule has 0 bridgehead atoms. The Balaban J connectivity index is 1.72. The topological polar surface area (TPSA) is 71.5 Å². The predicted octanol–water partition coefficient (Wildman–Crippen LogP) is 3.60. The summed E-state index contributed by atoms with van der Waals surface area (Å²) < 4.78 is 5.83. The summed E-state index contributed by atoms with van der Waals surface area (Å²) in [5.74, 6) is 1.01. The van der Waals surface area contributed by atoms with Crippen molar-refractivity contribution in [3.8, 4) is 11.5 Å². The van der Waals surface area contributed by atoms with Crippen LogP contribution in [0.25, 0.3) is 0 Å². The molecule has 0 saturated carbocycles. The van der Waals surface area contributed by atoms with Crippen LogP contribution >= 0.6 is 0 Å². The summed E-state index contributed by atoms with van der Waals surface area (Å²) in [6.45, 7) is 2.61. The first-order valence-corrected chi connectivity index (χ1v) is 8.96. The Kier molecular flexibility index (Phi) is 5.84. The normalized spacial score (nSPS) is 16.3. The Morgan fingerprint density at radius 3 is 2.88 bits per heavy atom. The second-order valence-electron chi connectivity index (χ2n) is 6.27. The Morgan fingerprint density at radius 2 is 2.12 bits per heavy atom. The molecule has 1 aromatic heterocycles. The summed E-state index contributed by atoms with van der Waals surface area (Å²) in [7, 11) is 0. The molecule has 1 N–H and O–H groups in total. The molecule has 0 aliphatic carbocycles. The summed E-state index contributed by atoms with van der Waals surface area (Å²) in [6, 6.07) is 10.4. The fraction of sp³-hybridized carbons (Fsp3) is 0.350. The molecule has 6 heteroatoms. The monoisotopic (exact) mass is 353 g/mol. The van der Waals surface area contributed by atoms with Crippen LogP contribution in [-0.4, -0.2) is 34.3 Å². The molecular formula is C20H23N3O3. The molecule has 1 saturated heterocycles. The lowest BCUT2D eigenvalue weighted by Gasteiger charge is -2.24. The van der Waals surface area contributed by atoms with Crippen LogP contribution in [0, 0.1) is 0 Å². The number of pyridine rings is 1. The Bertz CT molecular complexity index is 764. The van der Waals surface area contributed by atoms with E-state index >= 15 is 0 Å². The van der Waals surface area contributed by atoms with Gasteiger partial charge >= 0.3 is 0 Å². The van der Waals surface area contributed by atoms with E-state index in [1.54, 1.807) is 41.6 Å². The van der Waals surface area contributed by atoms with Crippen molar-refractivity contribution in [3.63, 3.8) is 0 Å². The number of amides is 2. The van der Waals surface area contributed by atoms with Crippen LogP contribution in [0.15, 0.2) is 48.8 Å². The molecule has 1 aliphatic heterocycles. The molecule has 1 atom stereocenters. The van der Waals surface area contributed by atoms with Gasteiger partial charge in [0, 0.05) is 19.2 Å². The van der Waals surface area contributed by atoms with Gasteiger partial charge in [0.1, 0.15) is 11.8 Å². The van der Waals surface area contributed by atoms with Crippen LogP contribution in [-0.2, 0) is 9.59 Å². The van der Waals surface area contributed by atoms with Gasteiger partial charge in [0.05, 0.1) is 11.9 Å². The van der Waals surface area contributed by atoms with Gasteiger partial charge < -0.3 is 15.0 Å². The molecule has 1 fully saturated rings. The van der Waals surface area contributed by atoms with E-state index in [9.17, 15) is 9.59 Å². The number of carbonyl (C=O) groups excluding carboxylic acids is 2. The highest BCUT2D eigenvalue weighted by molar-refractivity contribution is 5.98. The maximum absolute atomic E-state index is 12.8. The van der Waals surface area contributed by atoms with E-state index in [1.807, 2.05) is 19.1 Å². The highest BCUT2D eigenvalue weighted by Gasteiger charge is 2.33. The Labute approximate surface area is 153 Å². The first-order valence-electron chi connectivity index (χ1n) is 8.96. The third kappa shape index (κ3) is 4.20. The van der Waals surface area contributed by atoms with Crippen molar-refractivity contribution < 1.29 is 14.3 Å². The first-order chi connectivity index (χ1) is 12.7. The lowest BCUT2D eigenvalue weighted by molar-refractivity contribution is -0.136.